The van der Waals surface area contributed by atoms with Crippen LogP contribution in [0.5, 0.6) is 11.5 Å². The summed E-state index contributed by atoms with van der Waals surface area (Å²) in [6.07, 6.45) is 0. The Balaban J connectivity index is 1.60. The lowest BCUT2D eigenvalue weighted by Gasteiger charge is -2.17. The molecule has 1 saturated heterocycles. The van der Waals surface area contributed by atoms with E-state index in [4.69, 9.17) is 9.47 Å². The molecule has 2 aromatic carbocycles. The maximum Gasteiger partial charge on any atom is 0.321 e. The molecular formula is C20H22BrNO4S. The summed E-state index contributed by atoms with van der Waals surface area (Å²) in [7, 11) is 0. The van der Waals surface area contributed by atoms with Gasteiger partial charge in [-0.2, -0.15) is 0 Å². The molecule has 144 valence electrons. The highest BCUT2D eigenvalue weighted by Crippen LogP contribution is 2.39. The van der Waals surface area contributed by atoms with E-state index in [0.29, 0.717) is 19.0 Å². The summed E-state index contributed by atoms with van der Waals surface area (Å²) in [6.45, 7) is 4.97. The number of carbonyl (C=O) groups is 1. The Kier molecular flexibility index (Phi) is 6.68. The summed E-state index contributed by atoms with van der Waals surface area (Å²) in [5.41, 5.74) is 3.37. The SMILES string of the molecule is Cc1ccc(OCCOc2ccc(Br)cc2C2NC(C(=O)O)CS2)cc1C. The number of hydrogen-bond donors (Lipinski definition) is 2. The van der Waals surface area contributed by atoms with Crippen molar-refractivity contribution in [3.63, 3.8) is 0 Å². The molecule has 27 heavy (non-hydrogen) atoms. The number of rotatable bonds is 7. The maximum atomic E-state index is 11.2. The third kappa shape index (κ3) is 5.18. The Hall–Kier alpha value is -1.70. The number of thioether (sulfide) groups is 1. The predicted molar refractivity (Wildman–Crippen MR) is 111 cm³/mol. The molecule has 3 rings (SSSR count). The number of halogens is 1. The number of hydrogen-bond acceptors (Lipinski definition) is 5. The van der Waals surface area contributed by atoms with Gasteiger partial charge in [0.25, 0.3) is 0 Å². The van der Waals surface area contributed by atoms with Crippen molar-refractivity contribution in [2.45, 2.75) is 25.3 Å². The predicted octanol–water partition coefficient (Wildman–Crippen LogP) is 4.31. The summed E-state index contributed by atoms with van der Waals surface area (Å²) in [5, 5.41) is 12.2. The van der Waals surface area contributed by atoms with Gasteiger partial charge in [-0.05, 0) is 55.3 Å². The van der Waals surface area contributed by atoms with Crippen molar-refractivity contribution in [1.82, 2.24) is 5.32 Å². The molecule has 2 unspecified atom stereocenters. The molecule has 7 heteroatoms. The number of carboxylic acid groups (broad SMARTS) is 1. The van der Waals surface area contributed by atoms with Crippen LogP contribution in [0.15, 0.2) is 40.9 Å². The fourth-order valence-electron chi connectivity index (χ4n) is 2.76. The summed E-state index contributed by atoms with van der Waals surface area (Å²) in [4.78, 5) is 11.2. The van der Waals surface area contributed by atoms with E-state index in [-0.39, 0.29) is 5.37 Å². The monoisotopic (exact) mass is 451 g/mol. The van der Waals surface area contributed by atoms with E-state index in [9.17, 15) is 9.90 Å². The molecule has 0 aliphatic carbocycles. The summed E-state index contributed by atoms with van der Waals surface area (Å²) >= 11 is 5.05. The first-order valence-corrected chi connectivity index (χ1v) is 10.5. The van der Waals surface area contributed by atoms with Crippen LogP contribution in [0.4, 0.5) is 0 Å². The van der Waals surface area contributed by atoms with Crippen molar-refractivity contribution in [2.24, 2.45) is 0 Å². The molecule has 1 aliphatic rings. The Labute approximate surface area is 171 Å². The highest BCUT2D eigenvalue weighted by molar-refractivity contribution is 9.10. The van der Waals surface area contributed by atoms with Crippen LogP contribution < -0.4 is 14.8 Å². The van der Waals surface area contributed by atoms with Crippen molar-refractivity contribution in [3.05, 3.63) is 57.6 Å². The zero-order valence-corrected chi connectivity index (χ0v) is 17.6. The van der Waals surface area contributed by atoms with Crippen molar-refractivity contribution in [1.29, 1.82) is 0 Å². The molecule has 0 saturated carbocycles. The van der Waals surface area contributed by atoms with Gasteiger partial charge in [0.1, 0.15) is 30.8 Å². The largest absolute Gasteiger partial charge is 0.490 e. The molecule has 1 heterocycles. The van der Waals surface area contributed by atoms with Gasteiger partial charge in [0.2, 0.25) is 0 Å². The highest BCUT2D eigenvalue weighted by atomic mass is 79.9. The van der Waals surface area contributed by atoms with Gasteiger partial charge in [-0.3, -0.25) is 10.1 Å². The Morgan fingerprint density at radius 3 is 2.67 bits per heavy atom. The van der Waals surface area contributed by atoms with Crippen LogP contribution in [0.1, 0.15) is 22.1 Å². The Morgan fingerprint density at radius 2 is 1.96 bits per heavy atom. The van der Waals surface area contributed by atoms with Crippen LogP contribution in [-0.2, 0) is 4.79 Å². The van der Waals surface area contributed by atoms with E-state index in [1.165, 1.54) is 11.1 Å². The molecule has 0 radical (unpaired) electrons. The number of aryl methyl sites for hydroxylation is 2. The molecule has 1 fully saturated rings. The van der Waals surface area contributed by atoms with Crippen LogP contribution in [0.2, 0.25) is 0 Å². The second-order valence-electron chi connectivity index (χ2n) is 6.40. The molecule has 2 atom stereocenters. The van der Waals surface area contributed by atoms with Crippen molar-refractivity contribution < 1.29 is 19.4 Å². The zero-order valence-electron chi connectivity index (χ0n) is 15.2. The summed E-state index contributed by atoms with van der Waals surface area (Å²) in [6, 6.07) is 11.3. The second kappa shape index (κ2) is 8.99. The minimum Gasteiger partial charge on any atom is -0.490 e. The average molecular weight is 452 g/mol. The van der Waals surface area contributed by atoms with Crippen LogP contribution >= 0.6 is 27.7 Å². The topological polar surface area (TPSA) is 67.8 Å². The van der Waals surface area contributed by atoms with Crippen LogP contribution in [0, 0.1) is 13.8 Å². The summed E-state index contributed by atoms with van der Waals surface area (Å²) < 4.78 is 12.6. The molecular weight excluding hydrogens is 430 g/mol. The highest BCUT2D eigenvalue weighted by Gasteiger charge is 2.32. The van der Waals surface area contributed by atoms with E-state index in [0.717, 1.165) is 21.5 Å². The molecule has 2 N–H and O–H groups in total. The number of carboxylic acids is 1. The van der Waals surface area contributed by atoms with Crippen molar-refractivity contribution in [3.8, 4) is 11.5 Å². The molecule has 1 aliphatic heterocycles. The van der Waals surface area contributed by atoms with Crippen molar-refractivity contribution >= 4 is 33.7 Å². The zero-order chi connectivity index (χ0) is 19.4. The molecule has 5 nitrogen and oxygen atoms in total. The lowest BCUT2D eigenvalue weighted by Crippen LogP contribution is -2.33. The van der Waals surface area contributed by atoms with Crippen molar-refractivity contribution in [2.75, 3.05) is 19.0 Å². The van der Waals surface area contributed by atoms with Gasteiger partial charge in [0, 0.05) is 15.8 Å². The number of aliphatic carboxylic acids is 1. The smallest absolute Gasteiger partial charge is 0.321 e. The van der Waals surface area contributed by atoms with E-state index in [1.807, 2.05) is 36.4 Å². The lowest BCUT2D eigenvalue weighted by molar-refractivity contribution is -0.138. The minimum absolute atomic E-state index is 0.112. The fourth-order valence-corrected chi connectivity index (χ4v) is 4.39. The maximum absolute atomic E-state index is 11.2. The van der Waals surface area contributed by atoms with Gasteiger partial charge in [0.05, 0.1) is 5.37 Å². The third-order valence-electron chi connectivity index (χ3n) is 4.42. The standard InChI is InChI=1S/C20H22BrNO4S/c1-12-3-5-15(9-13(12)2)25-7-8-26-18-6-4-14(21)10-16(18)19-22-17(11-27-19)20(23)24/h3-6,9-10,17,19,22H,7-8,11H2,1-2H3,(H,23,24). The number of ether oxygens (including phenoxy) is 2. The quantitative estimate of drug-likeness (QED) is 0.611. The molecule has 0 spiro atoms. The van der Waals surface area contributed by atoms with Gasteiger partial charge >= 0.3 is 5.97 Å². The molecule has 0 aromatic heterocycles. The Morgan fingerprint density at radius 1 is 1.19 bits per heavy atom. The van der Waals surface area contributed by atoms with E-state index < -0.39 is 12.0 Å². The van der Waals surface area contributed by atoms with E-state index in [1.54, 1.807) is 11.8 Å². The summed E-state index contributed by atoms with van der Waals surface area (Å²) in [5.74, 6) is 1.26. The fraction of sp³-hybridized carbons (Fsp3) is 0.350. The molecule has 0 amide bonds. The minimum atomic E-state index is -0.829. The van der Waals surface area contributed by atoms with Crippen LogP contribution in [-0.4, -0.2) is 36.1 Å². The lowest BCUT2D eigenvalue weighted by atomic mass is 10.1. The number of benzene rings is 2. The second-order valence-corrected chi connectivity index (χ2v) is 8.45. The van der Waals surface area contributed by atoms with Gasteiger partial charge in [0.15, 0.2) is 0 Å². The number of nitrogens with one attached hydrogen (secondary N) is 1. The first-order chi connectivity index (χ1) is 12.9. The normalized spacial score (nSPS) is 19.1. The van der Waals surface area contributed by atoms with Gasteiger partial charge in [-0.1, -0.05) is 22.0 Å². The van der Waals surface area contributed by atoms with Gasteiger partial charge in [-0.25, -0.2) is 0 Å². The molecule has 2 aromatic rings. The van der Waals surface area contributed by atoms with Crippen LogP contribution in [0.3, 0.4) is 0 Å². The van der Waals surface area contributed by atoms with E-state index >= 15 is 0 Å². The molecule has 0 bridgehead atoms. The van der Waals surface area contributed by atoms with Crippen LogP contribution in [0.25, 0.3) is 0 Å². The Bertz CT molecular complexity index is 830. The third-order valence-corrected chi connectivity index (χ3v) is 6.16. The van der Waals surface area contributed by atoms with Gasteiger partial charge < -0.3 is 14.6 Å². The first-order valence-electron chi connectivity index (χ1n) is 8.67. The van der Waals surface area contributed by atoms with Gasteiger partial charge in [-0.15, -0.1) is 11.8 Å². The average Bonchev–Trinajstić information content (AvgIpc) is 3.13. The first kappa shape index (κ1) is 20.0. The van der Waals surface area contributed by atoms with E-state index in [2.05, 4.69) is 35.1 Å².